The molecule has 1 aromatic carbocycles. The van der Waals surface area contributed by atoms with E-state index in [0.717, 1.165) is 6.07 Å². The van der Waals surface area contributed by atoms with E-state index in [1.54, 1.807) is 0 Å². The number of aromatic carboxylic acids is 2. The summed E-state index contributed by atoms with van der Waals surface area (Å²) in [5.74, 6) is -2.99. The van der Waals surface area contributed by atoms with Crippen molar-refractivity contribution in [2.75, 3.05) is 0 Å². The zero-order valence-corrected chi connectivity index (χ0v) is 15.6. The normalized spacial score (nSPS) is 11.4. The van der Waals surface area contributed by atoms with Gasteiger partial charge in [-0.15, -0.1) is 0 Å². The maximum atomic E-state index is 10.8. The van der Waals surface area contributed by atoms with Crippen molar-refractivity contribution < 1.29 is 32.8 Å². The summed E-state index contributed by atoms with van der Waals surface area (Å²) in [4.78, 5) is 20.4. The minimum atomic E-state index is -4.64. The number of carbonyl (C=O) groups is 2. The van der Waals surface area contributed by atoms with Gasteiger partial charge in [-0.1, -0.05) is 0 Å². The third kappa shape index (κ3) is 7.90. The summed E-state index contributed by atoms with van der Waals surface area (Å²) in [6, 6.07) is 2.13. The quantitative estimate of drug-likeness (QED) is 0.566. The van der Waals surface area contributed by atoms with Crippen molar-refractivity contribution in [3.8, 4) is 0 Å². The first kappa shape index (κ1) is 21.1. The minimum Gasteiger partial charge on any atom is -0.478 e. The summed E-state index contributed by atoms with van der Waals surface area (Å²) in [5.41, 5.74) is -0.466. The Morgan fingerprint density at radius 1 is 1.05 bits per heavy atom. The number of hydrogen-bond donors (Lipinski definition) is 3. The standard InChI is InChI=1S/C8H6O7S.C5H11.Na/c9-7(10)4-1-5(8(11)12)3-6(2-4)16(13,14)15;1-5(2,3)4;/h1-3H,(H,9,10)(H,11,12)(H,13,14,15);1H2,2-4H3;. The zero-order valence-electron chi connectivity index (χ0n) is 12.8. The molecule has 22 heavy (non-hydrogen) atoms. The number of benzene rings is 1. The molecule has 0 aliphatic rings. The van der Waals surface area contributed by atoms with Crippen molar-refractivity contribution in [3.05, 3.63) is 29.3 Å². The average Bonchev–Trinajstić information content (AvgIpc) is 2.37. The van der Waals surface area contributed by atoms with Crippen molar-refractivity contribution in [2.45, 2.75) is 29.3 Å². The number of rotatable bonds is 3. The molecule has 0 unspecified atom stereocenters. The molecule has 0 amide bonds. The molecule has 0 heterocycles. The molecule has 0 radical (unpaired) electrons. The van der Waals surface area contributed by atoms with Gasteiger partial charge in [0.2, 0.25) is 0 Å². The van der Waals surface area contributed by atoms with Gasteiger partial charge in [0.15, 0.2) is 0 Å². The van der Waals surface area contributed by atoms with E-state index >= 15 is 0 Å². The van der Waals surface area contributed by atoms with E-state index in [-0.39, 0.29) is 0 Å². The average molecular weight is 340 g/mol. The number of carboxylic acids is 2. The van der Waals surface area contributed by atoms with E-state index in [2.05, 4.69) is 20.8 Å². The molecular formula is C13H17NaO7S. The van der Waals surface area contributed by atoms with Crippen LogP contribution in [0.25, 0.3) is 0 Å². The van der Waals surface area contributed by atoms with Gasteiger partial charge in [-0.3, -0.25) is 4.55 Å². The Balaban J connectivity index is 0.000000626. The smallest absolute Gasteiger partial charge is 0.335 e. The topological polar surface area (TPSA) is 129 Å². The summed E-state index contributed by atoms with van der Waals surface area (Å²) in [6.45, 7) is 6.83. The second-order valence-electron chi connectivity index (χ2n) is 5.75. The van der Waals surface area contributed by atoms with Crippen LogP contribution in [0.1, 0.15) is 41.5 Å². The van der Waals surface area contributed by atoms with Gasteiger partial charge >= 0.3 is 69.7 Å². The van der Waals surface area contributed by atoms with Crippen LogP contribution >= 0.6 is 0 Å². The van der Waals surface area contributed by atoms with Crippen LogP contribution in [0.5, 0.6) is 0 Å². The second kappa shape index (κ2) is 8.07. The molecule has 0 atom stereocenters. The van der Waals surface area contributed by atoms with Crippen LogP contribution in [0.15, 0.2) is 23.1 Å². The zero-order chi connectivity index (χ0) is 17.7. The van der Waals surface area contributed by atoms with Crippen molar-refractivity contribution in [1.29, 1.82) is 0 Å². The maximum Gasteiger partial charge on any atom is 0.335 e. The Labute approximate surface area is 146 Å². The van der Waals surface area contributed by atoms with Crippen LogP contribution in [0.2, 0.25) is 3.67 Å². The fourth-order valence-corrected chi connectivity index (χ4v) is 1.55. The van der Waals surface area contributed by atoms with Gasteiger partial charge in [-0.25, -0.2) is 9.59 Å². The largest absolute Gasteiger partial charge is 0.478 e. The third-order valence-electron chi connectivity index (χ3n) is 2.76. The summed E-state index contributed by atoms with van der Waals surface area (Å²) >= 11 is 1.35. The van der Waals surface area contributed by atoms with Gasteiger partial charge in [0.05, 0.1) is 16.0 Å². The first-order valence-electron chi connectivity index (χ1n) is 6.37. The molecule has 7 nitrogen and oxygen atoms in total. The molecule has 0 aromatic heterocycles. The van der Waals surface area contributed by atoms with Crippen molar-refractivity contribution >= 4 is 50.0 Å². The Bertz CT molecular complexity index is 627. The van der Waals surface area contributed by atoms with Crippen LogP contribution in [0.3, 0.4) is 0 Å². The van der Waals surface area contributed by atoms with E-state index in [4.69, 9.17) is 14.8 Å². The SMILES string of the molecule is CC(C)(C)[CH2][Na].O=C(O)c1cc(C(=O)O)cc(S(=O)(=O)O)c1. The third-order valence-corrected chi connectivity index (χ3v) is 5.71. The molecule has 0 aliphatic carbocycles. The Morgan fingerprint density at radius 3 is 1.55 bits per heavy atom. The van der Waals surface area contributed by atoms with Gasteiger partial charge in [-0.2, -0.15) is 8.42 Å². The number of carboxylic acid groups (broad SMARTS) is 2. The van der Waals surface area contributed by atoms with Gasteiger partial charge < -0.3 is 10.2 Å². The van der Waals surface area contributed by atoms with Gasteiger partial charge in [0.25, 0.3) is 10.1 Å². The molecule has 9 heteroatoms. The molecule has 0 spiro atoms. The molecule has 118 valence electrons. The molecule has 3 N–H and O–H groups in total. The van der Waals surface area contributed by atoms with Crippen LogP contribution in [0.4, 0.5) is 0 Å². The molecule has 0 aliphatic heterocycles. The summed E-state index contributed by atoms with van der Waals surface area (Å²) in [5, 5.41) is 17.2. The Hall–Kier alpha value is -0.930. The van der Waals surface area contributed by atoms with Gasteiger partial charge in [-0.05, 0) is 18.2 Å². The molecule has 0 saturated heterocycles. The molecule has 0 bridgehead atoms. The molecule has 0 saturated carbocycles. The van der Waals surface area contributed by atoms with E-state index in [0.29, 0.717) is 17.5 Å². The maximum absolute atomic E-state index is 10.8. The van der Waals surface area contributed by atoms with Crippen molar-refractivity contribution in [1.82, 2.24) is 0 Å². The van der Waals surface area contributed by atoms with Crippen molar-refractivity contribution in [2.24, 2.45) is 5.41 Å². The fourth-order valence-electron chi connectivity index (χ4n) is 0.995. The molecular weight excluding hydrogens is 323 g/mol. The fraction of sp³-hybridized carbons (Fsp3) is 0.385. The van der Waals surface area contributed by atoms with Crippen LogP contribution in [-0.2, 0) is 10.1 Å². The van der Waals surface area contributed by atoms with E-state index < -0.39 is 38.1 Å². The monoisotopic (exact) mass is 340 g/mol. The van der Waals surface area contributed by atoms with Crippen LogP contribution in [0, 0.1) is 5.41 Å². The first-order chi connectivity index (χ1) is 9.77. The van der Waals surface area contributed by atoms with E-state index in [1.807, 2.05) is 0 Å². The molecule has 1 aromatic rings. The van der Waals surface area contributed by atoms with Gasteiger partial charge in [0, 0.05) is 0 Å². The van der Waals surface area contributed by atoms with Crippen LogP contribution < -0.4 is 0 Å². The predicted molar refractivity (Wildman–Crippen MR) is 80.2 cm³/mol. The Kier molecular flexibility index (Phi) is 7.73. The minimum absolute atomic E-state index is 0.535. The molecule has 0 fully saturated rings. The first-order valence-corrected chi connectivity index (χ1v) is 9.22. The summed E-state index contributed by atoms with van der Waals surface area (Å²) in [6.07, 6.45) is 0. The summed E-state index contributed by atoms with van der Waals surface area (Å²) in [7, 11) is -4.64. The summed E-state index contributed by atoms with van der Waals surface area (Å²) < 4.78 is 31.6. The van der Waals surface area contributed by atoms with Gasteiger partial charge in [0.1, 0.15) is 0 Å². The predicted octanol–water partition coefficient (Wildman–Crippen LogP) is 1.95. The van der Waals surface area contributed by atoms with E-state index in [9.17, 15) is 18.0 Å². The van der Waals surface area contributed by atoms with Crippen molar-refractivity contribution in [3.63, 3.8) is 0 Å². The number of hydrogen-bond acceptors (Lipinski definition) is 4. The van der Waals surface area contributed by atoms with Crippen LogP contribution in [-0.4, -0.2) is 63.1 Å². The Morgan fingerprint density at radius 2 is 1.36 bits per heavy atom. The second-order valence-corrected chi connectivity index (χ2v) is 7.87. The van der Waals surface area contributed by atoms with E-state index in [1.165, 1.54) is 31.6 Å². The molecule has 1 rings (SSSR count).